The standard InChI is InChI=1S/C15H14F3NO/c1-19(2)13-7-3-5-11(9-13)12-6-4-8-14(10-12)20-15(16,17)18/h3-10H,1-2H3. The molecule has 0 aliphatic rings. The molecule has 0 fully saturated rings. The van der Waals surface area contributed by atoms with Gasteiger partial charge < -0.3 is 9.64 Å². The Bertz CT molecular complexity index is 594. The molecule has 0 aliphatic heterocycles. The second kappa shape index (κ2) is 5.45. The zero-order chi connectivity index (χ0) is 14.8. The van der Waals surface area contributed by atoms with Crippen molar-refractivity contribution in [3.8, 4) is 16.9 Å². The number of halogens is 3. The van der Waals surface area contributed by atoms with Gasteiger partial charge in [0.25, 0.3) is 0 Å². The van der Waals surface area contributed by atoms with E-state index in [1.54, 1.807) is 12.1 Å². The summed E-state index contributed by atoms with van der Waals surface area (Å²) in [4.78, 5) is 1.93. The average Bonchev–Trinajstić information content (AvgIpc) is 2.37. The van der Waals surface area contributed by atoms with E-state index in [1.165, 1.54) is 12.1 Å². The van der Waals surface area contributed by atoms with Crippen molar-refractivity contribution in [3.63, 3.8) is 0 Å². The first-order valence-electron chi connectivity index (χ1n) is 5.99. The Morgan fingerprint density at radius 2 is 1.50 bits per heavy atom. The summed E-state index contributed by atoms with van der Waals surface area (Å²) < 4.78 is 40.6. The molecule has 20 heavy (non-hydrogen) atoms. The molecule has 2 aromatic rings. The highest BCUT2D eigenvalue weighted by atomic mass is 19.4. The fraction of sp³-hybridized carbons (Fsp3) is 0.200. The maximum absolute atomic E-state index is 12.2. The minimum Gasteiger partial charge on any atom is -0.406 e. The molecule has 0 aromatic heterocycles. The van der Waals surface area contributed by atoms with Crippen LogP contribution in [0.5, 0.6) is 5.75 Å². The van der Waals surface area contributed by atoms with E-state index in [0.29, 0.717) is 5.56 Å². The van der Waals surface area contributed by atoms with Gasteiger partial charge in [0.2, 0.25) is 0 Å². The number of alkyl halides is 3. The maximum Gasteiger partial charge on any atom is 0.573 e. The van der Waals surface area contributed by atoms with Crippen LogP contribution >= 0.6 is 0 Å². The number of rotatable bonds is 3. The van der Waals surface area contributed by atoms with Crippen LogP contribution in [0.15, 0.2) is 48.5 Å². The van der Waals surface area contributed by atoms with Gasteiger partial charge in [-0.15, -0.1) is 13.2 Å². The Morgan fingerprint density at radius 3 is 2.10 bits per heavy atom. The lowest BCUT2D eigenvalue weighted by Gasteiger charge is -2.14. The van der Waals surface area contributed by atoms with Crippen molar-refractivity contribution < 1.29 is 17.9 Å². The van der Waals surface area contributed by atoms with Gasteiger partial charge in [-0.05, 0) is 35.4 Å². The van der Waals surface area contributed by atoms with Crippen LogP contribution in [0, 0.1) is 0 Å². The minimum atomic E-state index is -4.68. The van der Waals surface area contributed by atoms with Crippen molar-refractivity contribution >= 4 is 5.69 Å². The molecule has 0 heterocycles. The topological polar surface area (TPSA) is 12.5 Å². The van der Waals surface area contributed by atoms with E-state index < -0.39 is 6.36 Å². The number of hydrogen-bond donors (Lipinski definition) is 0. The molecule has 0 saturated heterocycles. The van der Waals surface area contributed by atoms with Gasteiger partial charge >= 0.3 is 6.36 Å². The molecule has 2 aromatic carbocycles. The molecule has 0 unspecified atom stereocenters. The van der Waals surface area contributed by atoms with Crippen molar-refractivity contribution in [3.05, 3.63) is 48.5 Å². The zero-order valence-electron chi connectivity index (χ0n) is 11.1. The second-order valence-corrected chi connectivity index (χ2v) is 4.52. The summed E-state index contributed by atoms with van der Waals surface area (Å²) in [5, 5.41) is 0. The molecule has 2 rings (SSSR count). The van der Waals surface area contributed by atoms with Crippen LogP contribution in [0.25, 0.3) is 11.1 Å². The molecule has 5 heteroatoms. The van der Waals surface area contributed by atoms with Crippen molar-refractivity contribution in [1.29, 1.82) is 0 Å². The highest BCUT2D eigenvalue weighted by molar-refractivity contribution is 5.69. The van der Waals surface area contributed by atoms with Gasteiger partial charge in [-0.3, -0.25) is 0 Å². The lowest BCUT2D eigenvalue weighted by molar-refractivity contribution is -0.274. The first-order chi connectivity index (χ1) is 9.35. The molecule has 2 nitrogen and oxygen atoms in total. The summed E-state index contributed by atoms with van der Waals surface area (Å²) >= 11 is 0. The first-order valence-corrected chi connectivity index (χ1v) is 5.99. The van der Waals surface area contributed by atoms with E-state index in [4.69, 9.17) is 0 Å². The highest BCUT2D eigenvalue weighted by Crippen LogP contribution is 2.29. The van der Waals surface area contributed by atoms with E-state index in [1.807, 2.05) is 43.3 Å². The van der Waals surface area contributed by atoms with Crippen molar-refractivity contribution in [2.45, 2.75) is 6.36 Å². The Kier molecular flexibility index (Phi) is 3.88. The first kappa shape index (κ1) is 14.2. The van der Waals surface area contributed by atoms with Gasteiger partial charge in [-0.1, -0.05) is 24.3 Å². The molecular weight excluding hydrogens is 267 g/mol. The third-order valence-electron chi connectivity index (χ3n) is 2.76. The average molecular weight is 281 g/mol. The van der Waals surface area contributed by atoms with Crippen LogP contribution in [0.3, 0.4) is 0 Å². The predicted octanol–water partition coefficient (Wildman–Crippen LogP) is 4.32. The van der Waals surface area contributed by atoms with Gasteiger partial charge in [-0.2, -0.15) is 0 Å². The zero-order valence-corrected chi connectivity index (χ0v) is 11.1. The largest absolute Gasteiger partial charge is 0.573 e. The molecule has 0 atom stereocenters. The summed E-state index contributed by atoms with van der Waals surface area (Å²) in [7, 11) is 3.81. The molecule has 0 radical (unpaired) electrons. The Balaban J connectivity index is 2.33. The van der Waals surface area contributed by atoms with Crippen molar-refractivity contribution in [2.24, 2.45) is 0 Å². The fourth-order valence-electron chi connectivity index (χ4n) is 1.84. The highest BCUT2D eigenvalue weighted by Gasteiger charge is 2.31. The van der Waals surface area contributed by atoms with E-state index >= 15 is 0 Å². The van der Waals surface area contributed by atoms with Crippen molar-refractivity contribution in [1.82, 2.24) is 0 Å². The Hall–Kier alpha value is -2.17. The van der Waals surface area contributed by atoms with Crippen LogP contribution in [0.1, 0.15) is 0 Å². The van der Waals surface area contributed by atoms with E-state index in [2.05, 4.69) is 4.74 Å². The monoisotopic (exact) mass is 281 g/mol. The SMILES string of the molecule is CN(C)c1cccc(-c2cccc(OC(F)(F)F)c2)c1. The third kappa shape index (κ3) is 3.66. The normalized spacial score (nSPS) is 11.2. The molecule has 0 saturated carbocycles. The minimum absolute atomic E-state index is 0.217. The summed E-state index contributed by atoms with van der Waals surface area (Å²) in [5.41, 5.74) is 2.49. The van der Waals surface area contributed by atoms with Crippen LogP contribution in [-0.2, 0) is 0 Å². The third-order valence-corrected chi connectivity index (χ3v) is 2.76. The van der Waals surface area contributed by atoms with E-state index in [0.717, 1.165) is 11.3 Å². The molecule has 0 N–H and O–H groups in total. The molecule has 0 amide bonds. The number of anilines is 1. The summed E-state index contributed by atoms with van der Waals surface area (Å²) in [6, 6.07) is 13.5. The van der Waals surface area contributed by atoms with Crippen LogP contribution in [0.4, 0.5) is 18.9 Å². The fourth-order valence-corrected chi connectivity index (χ4v) is 1.84. The second-order valence-electron chi connectivity index (χ2n) is 4.52. The lowest BCUT2D eigenvalue weighted by atomic mass is 10.0. The lowest BCUT2D eigenvalue weighted by Crippen LogP contribution is -2.17. The molecule has 0 bridgehead atoms. The van der Waals surface area contributed by atoms with Crippen LogP contribution in [0.2, 0.25) is 0 Å². The smallest absolute Gasteiger partial charge is 0.406 e. The van der Waals surface area contributed by atoms with Gasteiger partial charge in [0.1, 0.15) is 5.75 Å². The number of nitrogens with zero attached hydrogens (tertiary/aromatic N) is 1. The van der Waals surface area contributed by atoms with Gasteiger partial charge in [0.15, 0.2) is 0 Å². The molecule has 0 spiro atoms. The van der Waals surface area contributed by atoms with Crippen molar-refractivity contribution in [2.75, 3.05) is 19.0 Å². The maximum atomic E-state index is 12.2. The predicted molar refractivity (Wildman–Crippen MR) is 72.9 cm³/mol. The van der Waals surface area contributed by atoms with Crippen LogP contribution in [-0.4, -0.2) is 20.5 Å². The van der Waals surface area contributed by atoms with E-state index in [9.17, 15) is 13.2 Å². The molecular formula is C15H14F3NO. The molecule has 0 aliphatic carbocycles. The van der Waals surface area contributed by atoms with Gasteiger partial charge in [0.05, 0.1) is 0 Å². The number of benzene rings is 2. The van der Waals surface area contributed by atoms with Gasteiger partial charge in [0, 0.05) is 19.8 Å². The Morgan fingerprint density at radius 1 is 0.900 bits per heavy atom. The summed E-state index contributed by atoms with van der Waals surface area (Å²) in [6.07, 6.45) is -4.68. The summed E-state index contributed by atoms with van der Waals surface area (Å²) in [6.45, 7) is 0. The number of ether oxygens (including phenoxy) is 1. The Labute approximate surface area is 115 Å². The van der Waals surface area contributed by atoms with E-state index in [-0.39, 0.29) is 5.75 Å². The molecule has 106 valence electrons. The van der Waals surface area contributed by atoms with Gasteiger partial charge in [-0.25, -0.2) is 0 Å². The van der Waals surface area contributed by atoms with Crippen LogP contribution < -0.4 is 9.64 Å². The summed E-state index contributed by atoms with van der Waals surface area (Å²) in [5.74, 6) is -0.217. The quantitative estimate of drug-likeness (QED) is 0.830. The number of hydrogen-bond acceptors (Lipinski definition) is 2.